The van der Waals surface area contributed by atoms with E-state index >= 15 is 0 Å². The number of rotatable bonds is 3. The molecule has 110 valence electrons. The summed E-state index contributed by atoms with van der Waals surface area (Å²) in [5.41, 5.74) is 1.78. The summed E-state index contributed by atoms with van der Waals surface area (Å²) in [6.45, 7) is 0.783. The molecule has 0 bridgehead atoms. The van der Waals surface area contributed by atoms with Crippen LogP contribution in [-0.2, 0) is 0 Å². The third kappa shape index (κ3) is 3.17. The minimum atomic E-state index is -0.415. The van der Waals surface area contributed by atoms with Crippen LogP contribution in [0.15, 0.2) is 64.7 Å². The van der Waals surface area contributed by atoms with E-state index in [1.165, 1.54) is 12.1 Å². The average Bonchev–Trinajstić information content (AvgIpc) is 3.03. The van der Waals surface area contributed by atoms with Gasteiger partial charge in [0.05, 0.1) is 10.6 Å². The van der Waals surface area contributed by atoms with E-state index in [0.29, 0.717) is 5.56 Å². The Kier molecular flexibility index (Phi) is 3.91. The Bertz CT molecular complexity index is 741. The second kappa shape index (κ2) is 6.17. The molecule has 0 saturated carbocycles. The van der Waals surface area contributed by atoms with Crippen LogP contribution in [0.3, 0.4) is 0 Å². The van der Waals surface area contributed by atoms with Crippen molar-refractivity contribution in [1.82, 2.24) is 0 Å². The number of amidine groups is 1. The molecule has 0 amide bonds. The highest BCUT2D eigenvalue weighted by atomic mass is 16.6. The zero-order valence-electron chi connectivity index (χ0n) is 11.8. The Morgan fingerprint density at radius 2 is 2.00 bits per heavy atom. The summed E-state index contributed by atoms with van der Waals surface area (Å²) in [4.78, 5) is 14.7. The first kappa shape index (κ1) is 13.9. The van der Waals surface area contributed by atoms with Gasteiger partial charge in [0.15, 0.2) is 5.84 Å². The molecule has 1 aliphatic rings. The zero-order valence-corrected chi connectivity index (χ0v) is 11.8. The van der Waals surface area contributed by atoms with Gasteiger partial charge in [0.1, 0.15) is 0 Å². The van der Waals surface area contributed by atoms with Crippen molar-refractivity contribution in [3.63, 3.8) is 0 Å². The Labute approximate surface area is 127 Å². The Balaban J connectivity index is 1.74. The van der Waals surface area contributed by atoms with Gasteiger partial charge in [-0.3, -0.25) is 15.1 Å². The summed E-state index contributed by atoms with van der Waals surface area (Å²) >= 11 is 0. The topological polar surface area (TPSA) is 71.1 Å². The number of hydrazone groups is 1. The molecule has 0 aliphatic carbocycles. The molecule has 1 heterocycles. The van der Waals surface area contributed by atoms with Crippen molar-refractivity contribution in [3.05, 3.63) is 70.3 Å². The van der Waals surface area contributed by atoms with Crippen LogP contribution in [0, 0.1) is 10.1 Å². The van der Waals surface area contributed by atoms with Gasteiger partial charge in [0.2, 0.25) is 0 Å². The lowest BCUT2D eigenvalue weighted by atomic mass is 10.2. The second-order valence-electron chi connectivity index (χ2n) is 4.84. The highest BCUT2D eigenvalue weighted by Crippen LogP contribution is 2.19. The number of anilines is 1. The molecule has 0 atom stereocenters. The number of nitro benzene ring substituents is 1. The summed E-state index contributed by atoms with van der Waals surface area (Å²) < 4.78 is 0. The van der Waals surface area contributed by atoms with Crippen molar-refractivity contribution in [2.75, 3.05) is 11.6 Å². The molecule has 0 spiro atoms. The zero-order chi connectivity index (χ0) is 15.4. The second-order valence-corrected chi connectivity index (χ2v) is 4.84. The van der Waals surface area contributed by atoms with Crippen LogP contribution >= 0.6 is 0 Å². The molecular weight excluding hydrogens is 280 g/mol. The summed E-state index contributed by atoms with van der Waals surface area (Å²) in [5, 5.41) is 17.1. The third-order valence-corrected chi connectivity index (χ3v) is 3.28. The number of benzene rings is 2. The largest absolute Gasteiger partial charge is 0.270 e. The minimum Gasteiger partial charge on any atom is -0.263 e. The lowest BCUT2D eigenvalue weighted by Crippen LogP contribution is -2.11. The summed E-state index contributed by atoms with van der Waals surface area (Å²) in [6, 6.07) is 16.3. The Hall–Kier alpha value is -3.02. The lowest BCUT2D eigenvalue weighted by Gasteiger charge is -2.11. The van der Waals surface area contributed by atoms with Gasteiger partial charge in [-0.2, -0.15) is 5.10 Å². The van der Waals surface area contributed by atoms with Crippen LogP contribution < -0.4 is 5.01 Å². The van der Waals surface area contributed by atoms with E-state index in [9.17, 15) is 10.1 Å². The molecule has 2 aromatic carbocycles. The number of hydrogen-bond acceptors (Lipinski definition) is 5. The number of non-ortho nitro benzene ring substituents is 1. The SMILES string of the molecule is O=[N+]([O-])c1cccc(C=NC2=NN(c3ccccc3)CC2)c1. The molecule has 0 radical (unpaired) electrons. The quantitative estimate of drug-likeness (QED) is 0.495. The number of aliphatic imine (C=N–C) groups is 1. The standard InChI is InChI=1S/C16H14N4O2/c21-20(22)15-8-4-5-13(11-15)12-17-16-9-10-19(18-16)14-6-2-1-3-7-14/h1-8,11-12H,9-10H2. The van der Waals surface area contributed by atoms with Gasteiger partial charge in [0.25, 0.3) is 5.69 Å². The first-order valence-corrected chi connectivity index (χ1v) is 6.91. The molecule has 6 nitrogen and oxygen atoms in total. The average molecular weight is 294 g/mol. The van der Waals surface area contributed by atoms with Crippen LogP contribution in [0.4, 0.5) is 11.4 Å². The predicted octanol–water partition coefficient (Wildman–Crippen LogP) is 3.24. The van der Waals surface area contributed by atoms with Crippen molar-refractivity contribution >= 4 is 23.4 Å². The van der Waals surface area contributed by atoms with E-state index in [-0.39, 0.29) is 5.69 Å². The van der Waals surface area contributed by atoms with E-state index in [4.69, 9.17) is 0 Å². The van der Waals surface area contributed by atoms with Gasteiger partial charge in [-0.05, 0) is 17.7 Å². The fourth-order valence-corrected chi connectivity index (χ4v) is 2.19. The summed E-state index contributed by atoms with van der Waals surface area (Å²) in [6.07, 6.45) is 2.36. The molecule has 6 heteroatoms. The molecule has 2 aromatic rings. The molecule has 0 aromatic heterocycles. The minimum absolute atomic E-state index is 0.0585. The van der Waals surface area contributed by atoms with Crippen molar-refractivity contribution in [1.29, 1.82) is 0 Å². The molecule has 22 heavy (non-hydrogen) atoms. The van der Waals surface area contributed by atoms with Gasteiger partial charge in [-0.15, -0.1) is 0 Å². The van der Waals surface area contributed by atoms with Gasteiger partial charge < -0.3 is 0 Å². The molecule has 1 aliphatic heterocycles. The third-order valence-electron chi connectivity index (χ3n) is 3.28. The van der Waals surface area contributed by atoms with Crippen molar-refractivity contribution in [3.8, 4) is 0 Å². The van der Waals surface area contributed by atoms with Crippen LogP contribution in [0.25, 0.3) is 0 Å². The van der Waals surface area contributed by atoms with Crippen LogP contribution in [0.2, 0.25) is 0 Å². The highest BCUT2D eigenvalue weighted by Gasteiger charge is 2.14. The molecule has 3 rings (SSSR count). The van der Waals surface area contributed by atoms with E-state index in [0.717, 1.165) is 24.5 Å². The van der Waals surface area contributed by atoms with Crippen LogP contribution in [0.5, 0.6) is 0 Å². The van der Waals surface area contributed by atoms with Gasteiger partial charge in [0, 0.05) is 31.3 Å². The van der Waals surface area contributed by atoms with E-state index in [2.05, 4.69) is 10.1 Å². The van der Waals surface area contributed by atoms with Crippen LogP contribution in [-0.4, -0.2) is 23.5 Å². The number of hydrogen-bond donors (Lipinski definition) is 0. The maximum absolute atomic E-state index is 10.7. The summed E-state index contributed by atoms with van der Waals surface area (Å²) in [7, 11) is 0. The molecule has 0 N–H and O–H groups in total. The molecule has 0 fully saturated rings. The maximum atomic E-state index is 10.7. The van der Waals surface area contributed by atoms with Gasteiger partial charge in [-0.25, -0.2) is 4.99 Å². The van der Waals surface area contributed by atoms with Gasteiger partial charge in [-0.1, -0.05) is 30.3 Å². The monoisotopic (exact) mass is 294 g/mol. The van der Waals surface area contributed by atoms with E-state index < -0.39 is 4.92 Å². The fourth-order valence-electron chi connectivity index (χ4n) is 2.19. The Morgan fingerprint density at radius 1 is 1.18 bits per heavy atom. The van der Waals surface area contributed by atoms with E-state index in [1.54, 1.807) is 18.3 Å². The lowest BCUT2D eigenvalue weighted by molar-refractivity contribution is -0.384. The highest BCUT2D eigenvalue weighted by molar-refractivity contribution is 5.96. The predicted molar refractivity (Wildman–Crippen MR) is 86.5 cm³/mol. The maximum Gasteiger partial charge on any atom is 0.270 e. The number of para-hydroxylation sites is 1. The summed E-state index contributed by atoms with van der Waals surface area (Å²) in [5.74, 6) is 0.718. The van der Waals surface area contributed by atoms with Crippen LogP contribution in [0.1, 0.15) is 12.0 Å². The first-order valence-electron chi connectivity index (χ1n) is 6.91. The van der Waals surface area contributed by atoms with Crippen molar-refractivity contribution in [2.24, 2.45) is 10.1 Å². The normalized spacial score (nSPS) is 14.4. The molecular formula is C16H14N4O2. The van der Waals surface area contributed by atoms with Crippen molar-refractivity contribution < 1.29 is 4.92 Å². The smallest absolute Gasteiger partial charge is 0.263 e. The molecule has 0 unspecified atom stereocenters. The molecule has 0 saturated heterocycles. The fraction of sp³-hybridized carbons (Fsp3) is 0.125. The number of nitro groups is 1. The Morgan fingerprint density at radius 3 is 2.77 bits per heavy atom. The van der Waals surface area contributed by atoms with E-state index in [1.807, 2.05) is 35.3 Å². The number of nitrogens with zero attached hydrogens (tertiary/aromatic N) is 4. The van der Waals surface area contributed by atoms with Gasteiger partial charge >= 0.3 is 0 Å². The van der Waals surface area contributed by atoms with Crippen molar-refractivity contribution in [2.45, 2.75) is 6.42 Å². The first-order chi connectivity index (χ1) is 10.7.